The van der Waals surface area contributed by atoms with Crippen LogP contribution < -0.4 is 16.1 Å². The van der Waals surface area contributed by atoms with Gasteiger partial charge in [0.1, 0.15) is 11.8 Å². The van der Waals surface area contributed by atoms with Gasteiger partial charge in [0.25, 0.3) is 11.8 Å². The highest BCUT2D eigenvalue weighted by Gasteiger charge is 2.35. The minimum absolute atomic E-state index is 0.0545. The molecule has 4 heterocycles. The van der Waals surface area contributed by atoms with Gasteiger partial charge >= 0.3 is 0 Å². The zero-order valence-corrected chi connectivity index (χ0v) is 32.5. The molecular weight excluding hydrogens is 684 g/mol. The summed E-state index contributed by atoms with van der Waals surface area (Å²) in [6.07, 6.45) is 4.48. The van der Waals surface area contributed by atoms with E-state index in [1.165, 1.54) is 5.01 Å². The summed E-state index contributed by atoms with van der Waals surface area (Å²) in [5, 5.41) is 31.0. The molecule has 6 bridgehead atoms. The van der Waals surface area contributed by atoms with E-state index in [-0.39, 0.29) is 24.7 Å². The Labute approximate surface area is 317 Å². The van der Waals surface area contributed by atoms with Gasteiger partial charge in [-0.1, -0.05) is 26.0 Å². The van der Waals surface area contributed by atoms with Gasteiger partial charge in [0.2, 0.25) is 0 Å². The Kier molecular flexibility index (Phi) is 11.8. The lowest BCUT2D eigenvalue weighted by molar-refractivity contribution is -0.164. The van der Waals surface area contributed by atoms with E-state index in [1.54, 1.807) is 32.5 Å². The number of carbonyl (C=O) groups is 2. The number of hydrogen-bond donors (Lipinski definition) is 5. The predicted octanol–water partition coefficient (Wildman–Crippen LogP) is 5.20. The van der Waals surface area contributed by atoms with Crippen molar-refractivity contribution in [2.75, 3.05) is 27.3 Å². The maximum absolute atomic E-state index is 14.3. The summed E-state index contributed by atoms with van der Waals surface area (Å²) in [4.78, 5) is 32.3. The number of fused-ring (bicyclic) bond motifs is 6. The van der Waals surface area contributed by atoms with E-state index in [1.807, 2.05) is 32.2 Å². The Morgan fingerprint density at radius 3 is 2.67 bits per heavy atom. The van der Waals surface area contributed by atoms with Gasteiger partial charge in [0.15, 0.2) is 6.29 Å². The fourth-order valence-corrected chi connectivity index (χ4v) is 7.88. The Hall–Kier alpha value is -4.75. The molecule has 2 aromatic carbocycles. The number of aromatic nitrogens is 2. The number of rotatable bonds is 7. The van der Waals surface area contributed by atoms with Crippen molar-refractivity contribution in [3.63, 3.8) is 0 Å². The minimum atomic E-state index is -1.18. The van der Waals surface area contributed by atoms with E-state index < -0.39 is 29.7 Å². The van der Waals surface area contributed by atoms with Crippen molar-refractivity contribution < 1.29 is 29.3 Å². The molecule has 12 heteroatoms. The third-order valence-corrected chi connectivity index (χ3v) is 10.4. The van der Waals surface area contributed by atoms with Gasteiger partial charge in [0, 0.05) is 62.5 Å². The number of aryl methyl sites for hydroxylation is 1. The lowest BCUT2D eigenvalue weighted by atomic mass is 9.84. The molecular formula is C42H54N6O6. The molecule has 2 aliphatic rings. The number of likely N-dealkylation sites (N-methyl/N-ethyl adjacent to an activating group) is 1. The first-order valence-electron chi connectivity index (χ1n) is 18.8. The molecule has 2 aromatic heterocycles. The Morgan fingerprint density at radius 1 is 1.15 bits per heavy atom. The molecule has 3 atom stereocenters. The molecule has 0 spiro atoms. The first kappa shape index (κ1) is 39.0. The fourth-order valence-electron chi connectivity index (χ4n) is 7.88. The largest absolute Gasteiger partial charge is 0.508 e. The number of hydrogen-bond acceptors (Lipinski definition) is 9. The SMILES string of the molecule is CCn1c(-c2cnccc2COC)c2c3cc(ccc31)-c1cc(O)cc(c1)C[C@H](NC(=O)C(NC)=C(C)C)C(=O)N1CCC[C@H](N1)C(O)OCC(C)(C)C2. The minimum Gasteiger partial charge on any atom is -0.508 e. The number of ether oxygens (including phenoxy) is 2. The lowest BCUT2D eigenvalue weighted by Crippen LogP contribution is -2.61. The summed E-state index contributed by atoms with van der Waals surface area (Å²) in [6.45, 7) is 11.8. The van der Waals surface area contributed by atoms with Crippen LogP contribution in [-0.2, 0) is 45.1 Å². The number of nitrogens with one attached hydrogen (secondary N) is 3. The van der Waals surface area contributed by atoms with Gasteiger partial charge in [-0.25, -0.2) is 5.43 Å². The highest BCUT2D eigenvalue weighted by molar-refractivity contribution is 5.97. The molecule has 1 saturated heterocycles. The van der Waals surface area contributed by atoms with Gasteiger partial charge in [0.05, 0.1) is 30.6 Å². The molecule has 54 heavy (non-hydrogen) atoms. The Balaban J connectivity index is 1.54. The van der Waals surface area contributed by atoms with Crippen LogP contribution in [0.2, 0.25) is 0 Å². The van der Waals surface area contributed by atoms with E-state index in [2.05, 4.69) is 64.6 Å². The summed E-state index contributed by atoms with van der Waals surface area (Å²) < 4.78 is 14.2. The van der Waals surface area contributed by atoms with Crippen molar-refractivity contribution in [2.24, 2.45) is 5.41 Å². The quantitative estimate of drug-likeness (QED) is 0.162. The van der Waals surface area contributed by atoms with E-state index in [0.717, 1.165) is 50.0 Å². The molecule has 5 N–H and O–H groups in total. The number of amides is 2. The number of aromatic hydroxyl groups is 1. The van der Waals surface area contributed by atoms with Crippen LogP contribution >= 0.6 is 0 Å². The summed E-state index contributed by atoms with van der Waals surface area (Å²) in [7, 11) is 3.36. The van der Waals surface area contributed by atoms with Crippen molar-refractivity contribution in [3.8, 4) is 28.1 Å². The third-order valence-electron chi connectivity index (χ3n) is 10.4. The maximum Gasteiger partial charge on any atom is 0.267 e. The van der Waals surface area contributed by atoms with Gasteiger partial charge < -0.3 is 34.9 Å². The highest BCUT2D eigenvalue weighted by atomic mass is 16.6. The van der Waals surface area contributed by atoms with Crippen LogP contribution in [0.25, 0.3) is 33.3 Å². The zero-order chi connectivity index (χ0) is 38.7. The summed E-state index contributed by atoms with van der Waals surface area (Å²) in [5.41, 5.74) is 11.5. The standard InChI is InChI=1S/C42H54N6O6/c1-8-47-36-12-11-27-20-31(36)32(38(47)33-22-44-14-13-28(33)23-53-7)21-42(4,5)24-54-41(52)34-10-9-15-48(46-34)40(51)35(45-39(50)37(43-6)25(2)3)18-26-16-29(27)19-30(49)17-26/h11-14,16-17,19-20,22,34-35,41,43,46,49,52H,8-10,15,18,21,23-24H2,1-7H3,(H,45,50)/t34-,35-,41?/m0/s1. The van der Waals surface area contributed by atoms with E-state index >= 15 is 0 Å². The summed E-state index contributed by atoms with van der Waals surface area (Å²) >= 11 is 0. The second-order valence-corrected chi connectivity index (χ2v) is 15.4. The second kappa shape index (κ2) is 16.3. The number of methoxy groups -OCH3 is 1. The number of pyridine rings is 1. The molecule has 6 rings (SSSR count). The predicted molar refractivity (Wildman–Crippen MR) is 209 cm³/mol. The maximum atomic E-state index is 14.3. The van der Waals surface area contributed by atoms with Crippen LogP contribution in [0.1, 0.15) is 64.2 Å². The average molecular weight is 739 g/mol. The first-order valence-corrected chi connectivity index (χ1v) is 18.8. The first-order chi connectivity index (χ1) is 25.8. The number of aliphatic hydroxyl groups excluding tert-OH is 1. The number of phenols is 1. The summed E-state index contributed by atoms with van der Waals surface area (Å²) in [5.74, 6) is -0.702. The Morgan fingerprint density at radius 2 is 1.94 bits per heavy atom. The molecule has 1 unspecified atom stereocenters. The molecule has 0 aliphatic carbocycles. The Bertz CT molecular complexity index is 2050. The highest BCUT2D eigenvalue weighted by Crippen LogP contribution is 2.41. The monoisotopic (exact) mass is 738 g/mol. The van der Waals surface area contributed by atoms with Crippen LogP contribution in [0.4, 0.5) is 0 Å². The van der Waals surface area contributed by atoms with E-state index in [4.69, 9.17) is 9.47 Å². The fraction of sp³-hybridized carbons (Fsp3) is 0.452. The van der Waals surface area contributed by atoms with Crippen molar-refractivity contribution >= 4 is 22.7 Å². The molecule has 288 valence electrons. The van der Waals surface area contributed by atoms with Crippen molar-refractivity contribution in [1.82, 2.24) is 30.6 Å². The number of nitrogens with zero attached hydrogens (tertiary/aromatic N) is 3. The number of carbonyl (C=O) groups excluding carboxylic acids is 2. The normalized spacial score (nSPS) is 20.3. The van der Waals surface area contributed by atoms with E-state index in [9.17, 15) is 19.8 Å². The zero-order valence-electron chi connectivity index (χ0n) is 32.5. The number of allylic oxidation sites excluding steroid dienone is 1. The lowest BCUT2D eigenvalue weighted by Gasteiger charge is -2.38. The molecule has 0 saturated carbocycles. The van der Waals surface area contributed by atoms with Crippen LogP contribution in [0.15, 0.2) is 66.1 Å². The topological polar surface area (TPSA) is 150 Å². The van der Waals surface area contributed by atoms with Gasteiger partial charge in [-0.05, 0) is 109 Å². The van der Waals surface area contributed by atoms with Crippen LogP contribution in [0.5, 0.6) is 5.75 Å². The molecule has 0 radical (unpaired) electrons. The molecule has 2 amide bonds. The number of benzene rings is 2. The van der Waals surface area contributed by atoms with Crippen LogP contribution in [0, 0.1) is 5.41 Å². The third kappa shape index (κ3) is 8.17. The van der Waals surface area contributed by atoms with Gasteiger partial charge in [-0.2, -0.15) is 0 Å². The smallest absolute Gasteiger partial charge is 0.267 e. The van der Waals surface area contributed by atoms with E-state index in [0.29, 0.717) is 50.2 Å². The van der Waals surface area contributed by atoms with Crippen molar-refractivity contribution in [1.29, 1.82) is 0 Å². The van der Waals surface area contributed by atoms with Crippen LogP contribution in [0.3, 0.4) is 0 Å². The van der Waals surface area contributed by atoms with Gasteiger partial charge in [-0.15, -0.1) is 0 Å². The number of aliphatic hydroxyl groups is 1. The van der Waals surface area contributed by atoms with Crippen LogP contribution in [-0.4, -0.2) is 82.3 Å². The number of phenolic OH excluding ortho intramolecular Hbond substituents is 1. The molecule has 1 fully saturated rings. The molecule has 12 nitrogen and oxygen atoms in total. The average Bonchev–Trinajstić information content (AvgIpc) is 3.44. The van der Waals surface area contributed by atoms with Crippen molar-refractivity contribution in [3.05, 3.63) is 82.8 Å². The van der Waals surface area contributed by atoms with Gasteiger partial charge in [-0.3, -0.25) is 19.6 Å². The molecule has 4 aromatic rings. The second-order valence-electron chi connectivity index (χ2n) is 15.4. The summed E-state index contributed by atoms with van der Waals surface area (Å²) in [6, 6.07) is 12.1. The number of hydrazine groups is 1. The van der Waals surface area contributed by atoms with Crippen molar-refractivity contribution in [2.45, 2.75) is 91.8 Å². The molecule has 2 aliphatic heterocycles.